The van der Waals surface area contributed by atoms with Crippen LogP contribution >= 0.6 is 0 Å². The first kappa shape index (κ1) is 19.3. The maximum absolute atomic E-state index is 14.9. The van der Waals surface area contributed by atoms with E-state index < -0.39 is 0 Å². The molecule has 2 heterocycles. The molecule has 0 atom stereocenters. The molecule has 0 bridgehead atoms. The van der Waals surface area contributed by atoms with E-state index >= 15 is 0 Å². The van der Waals surface area contributed by atoms with E-state index in [0.717, 1.165) is 35.2 Å². The number of ether oxygens (including phenoxy) is 1. The first-order chi connectivity index (χ1) is 14.1. The molecule has 0 saturated carbocycles. The lowest BCUT2D eigenvalue weighted by atomic mass is 10.1. The van der Waals surface area contributed by atoms with E-state index in [4.69, 9.17) is 9.15 Å². The number of rotatable bonds is 8. The first-order valence-electron chi connectivity index (χ1n) is 9.76. The molecular weight excluding hydrogens is 367 g/mol. The van der Waals surface area contributed by atoms with Gasteiger partial charge in [-0.15, -0.1) is 0 Å². The zero-order valence-electron chi connectivity index (χ0n) is 16.8. The van der Waals surface area contributed by atoms with Crippen molar-refractivity contribution >= 4 is 10.9 Å². The third-order valence-corrected chi connectivity index (χ3v) is 4.98. The molecule has 4 rings (SSSR count). The molecule has 0 spiro atoms. The van der Waals surface area contributed by atoms with Crippen LogP contribution in [0.15, 0.2) is 71.5 Å². The van der Waals surface area contributed by atoms with E-state index in [1.807, 2.05) is 67.3 Å². The van der Waals surface area contributed by atoms with E-state index in [1.165, 1.54) is 6.07 Å². The molecule has 2 aromatic heterocycles. The molecule has 2 aromatic carbocycles. The summed E-state index contributed by atoms with van der Waals surface area (Å²) >= 11 is 0. The molecular formula is C24H25FN2O2. The second-order valence-corrected chi connectivity index (χ2v) is 7.46. The monoisotopic (exact) mass is 392 g/mol. The minimum atomic E-state index is -0.255. The lowest BCUT2D eigenvalue weighted by molar-refractivity contribution is 0.309. The predicted molar refractivity (Wildman–Crippen MR) is 113 cm³/mol. The maximum Gasteiger partial charge on any atom is 0.147 e. The third-order valence-electron chi connectivity index (χ3n) is 4.98. The summed E-state index contributed by atoms with van der Waals surface area (Å²) < 4.78 is 28.5. The van der Waals surface area contributed by atoms with Crippen molar-refractivity contribution in [1.82, 2.24) is 9.47 Å². The highest BCUT2D eigenvalue weighted by molar-refractivity contribution is 5.90. The van der Waals surface area contributed by atoms with Crippen molar-refractivity contribution in [2.24, 2.45) is 0 Å². The Morgan fingerprint density at radius 2 is 1.86 bits per heavy atom. The topological polar surface area (TPSA) is 30.5 Å². The average Bonchev–Trinajstić information content (AvgIpc) is 3.36. The van der Waals surface area contributed by atoms with E-state index in [2.05, 4.69) is 4.90 Å². The van der Waals surface area contributed by atoms with Gasteiger partial charge in [0.05, 0.1) is 18.3 Å². The highest BCUT2D eigenvalue weighted by Crippen LogP contribution is 2.34. The van der Waals surface area contributed by atoms with E-state index in [9.17, 15) is 4.39 Å². The Bertz CT molecular complexity index is 1070. The number of furan rings is 1. The van der Waals surface area contributed by atoms with Crippen LogP contribution in [0.25, 0.3) is 10.9 Å². The van der Waals surface area contributed by atoms with Gasteiger partial charge in [0.2, 0.25) is 0 Å². The van der Waals surface area contributed by atoms with Crippen LogP contribution < -0.4 is 4.74 Å². The fraction of sp³-hybridized carbons (Fsp3) is 0.250. The molecule has 0 N–H and O–H groups in total. The number of likely N-dealkylation sites (N-methyl/N-ethyl adjacent to an activating group) is 1. The lowest BCUT2D eigenvalue weighted by Gasteiger charge is -2.12. The van der Waals surface area contributed by atoms with Crippen molar-refractivity contribution < 1.29 is 13.5 Å². The van der Waals surface area contributed by atoms with Crippen LogP contribution in [0.3, 0.4) is 0 Å². The van der Waals surface area contributed by atoms with Crippen LogP contribution in [0.5, 0.6) is 5.75 Å². The zero-order chi connectivity index (χ0) is 20.2. The van der Waals surface area contributed by atoms with Crippen LogP contribution in [-0.4, -0.2) is 30.1 Å². The fourth-order valence-corrected chi connectivity index (χ4v) is 3.54. The van der Waals surface area contributed by atoms with Gasteiger partial charge >= 0.3 is 0 Å². The van der Waals surface area contributed by atoms with Crippen molar-refractivity contribution in [3.8, 4) is 5.75 Å². The van der Waals surface area contributed by atoms with Crippen LogP contribution in [0.2, 0.25) is 0 Å². The summed E-state index contributed by atoms with van der Waals surface area (Å²) in [4.78, 5) is 2.12. The predicted octanol–water partition coefficient (Wildman–Crippen LogP) is 5.10. The number of fused-ring (bicyclic) bond motifs is 1. The van der Waals surface area contributed by atoms with Crippen LogP contribution in [-0.2, 0) is 19.6 Å². The van der Waals surface area contributed by atoms with Crippen LogP contribution in [0, 0.1) is 5.82 Å². The quantitative estimate of drug-likeness (QED) is 0.418. The van der Waals surface area contributed by atoms with Crippen molar-refractivity contribution in [3.05, 3.63) is 89.8 Å². The van der Waals surface area contributed by atoms with Gasteiger partial charge in [-0.3, -0.25) is 0 Å². The van der Waals surface area contributed by atoms with E-state index in [-0.39, 0.29) is 5.82 Å². The number of hydrogen-bond donors (Lipinski definition) is 0. The second-order valence-electron chi connectivity index (χ2n) is 7.46. The van der Waals surface area contributed by atoms with Gasteiger partial charge in [0.1, 0.15) is 23.9 Å². The van der Waals surface area contributed by atoms with Crippen LogP contribution in [0.1, 0.15) is 16.9 Å². The number of hydrogen-bond acceptors (Lipinski definition) is 3. The smallest absolute Gasteiger partial charge is 0.147 e. The van der Waals surface area contributed by atoms with Gasteiger partial charge in [0, 0.05) is 18.1 Å². The molecule has 4 aromatic rings. The van der Waals surface area contributed by atoms with Gasteiger partial charge in [-0.1, -0.05) is 30.3 Å². The Labute approximate surface area is 170 Å². The minimum Gasteiger partial charge on any atom is -0.488 e. The Balaban J connectivity index is 1.74. The molecule has 0 fully saturated rings. The summed E-state index contributed by atoms with van der Waals surface area (Å²) in [5.41, 5.74) is 2.71. The summed E-state index contributed by atoms with van der Waals surface area (Å²) in [6, 6.07) is 17.0. The van der Waals surface area contributed by atoms with Gasteiger partial charge < -0.3 is 18.6 Å². The Hall–Kier alpha value is -3.05. The third kappa shape index (κ3) is 4.35. The summed E-state index contributed by atoms with van der Waals surface area (Å²) in [6.07, 6.45) is 4.47. The number of aromatic nitrogens is 1. The van der Waals surface area contributed by atoms with Gasteiger partial charge in [-0.25, -0.2) is 4.39 Å². The number of halogens is 1. The minimum absolute atomic E-state index is 0.255. The molecule has 0 unspecified atom stereocenters. The Morgan fingerprint density at radius 1 is 1.03 bits per heavy atom. The van der Waals surface area contributed by atoms with E-state index in [0.29, 0.717) is 24.4 Å². The first-order valence-corrected chi connectivity index (χ1v) is 9.76. The maximum atomic E-state index is 14.9. The van der Waals surface area contributed by atoms with Crippen LogP contribution in [0.4, 0.5) is 4.39 Å². The largest absolute Gasteiger partial charge is 0.488 e. The molecule has 0 aliphatic rings. The second kappa shape index (κ2) is 8.53. The average molecular weight is 392 g/mol. The van der Waals surface area contributed by atoms with Gasteiger partial charge in [0.25, 0.3) is 0 Å². The molecule has 0 radical (unpaired) electrons. The summed E-state index contributed by atoms with van der Waals surface area (Å²) in [5.74, 6) is 1.24. The molecule has 150 valence electrons. The number of nitrogens with zero attached hydrogens (tertiary/aromatic N) is 2. The fourth-order valence-electron chi connectivity index (χ4n) is 3.54. The van der Waals surface area contributed by atoms with E-state index in [1.54, 1.807) is 12.3 Å². The van der Waals surface area contributed by atoms with Crippen molar-refractivity contribution in [3.63, 3.8) is 0 Å². The Morgan fingerprint density at radius 3 is 2.59 bits per heavy atom. The molecule has 29 heavy (non-hydrogen) atoms. The summed E-state index contributed by atoms with van der Waals surface area (Å²) in [5, 5.41) is 0.842. The molecule has 4 nitrogen and oxygen atoms in total. The zero-order valence-corrected chi connectivity index (χ0v) is 16.8. The molecule has 0 saturated heterocycles. The van der Waals surface area contributed by atoms with Crippen molar-refractivity contribution in [1.29, 1.82) is 0 Å². The standard InChI is InChI=1S/C24H25FN2O2/c1-26(2)13-12-19-15-27(16-20-9-6-14-28-20)24-21(25)10-11-22(23(19)24)29-17-18-7-4-3-5-8-18/h3-11,14-15H,12-13,16-17H2,1-2H3. The Kier molecular flexibility index (Phi) is 5.67. The highest BCUT2D eigenvalue weighted by Gasteiger charge is 2.18. The summed E-state index contributed by atoms with van der Waals surface area (Å²) in [6.45, 7) is 1.79. The number of benzene rings is 2. The SMILES string of the molecule is CN(C)CCc1cn(Cc2ccco2)c2c(F)ccc(OCc3ccccc3)c12. The lowest BCUT2D eigenvalue weighted by Crippen LogP contribution is -2.15. The summed E-state index contributed by atoms with van der Waals surface area (Å²) in [7, 11) is 4.07. The normalized spacial score (nSPS) is 11.4. The van der Waals surface area contributed by atoms with Crippen molar-refractivity contribution in [2.75, 3.05) is 20.6 Å². The highest BCUT2D eigenvalue weighted by atomic mass is 19.1. The van der Waals surface area contributed by atoms with Gasteiger partial charge in [-0.05, 0) is 55.9 Å². The molecule has 0 aliphatic heterocycles. The van der Waals surface area contributed by atoms with Gasteiger partial charge in [-0.2, -0.15) is 0 Å². The van der Waals surface area contributed by atoms with Gasteiger partial charge in [0.15, 0.2) is 0 Å². The molecule has 5 heteroatoms. The molecule has 0 aliphatic carbocycles. The molecule has 0 amide bonds. The van der Waals surface area contributed by atoms with Crippen molar-refractivity contribution in [2.45, 2.75) is 19.6 Å².